The Morgan fingerprint density at radius 2 is 2.17 bits per heavy atom. The molecule has 0 aliphatic rings. The van der Waals surface area contributed by atoms with Crippen LogP contribution in [0, 0.1) is 5.82 Å². The lowest BCUT2D eigenvalue weighted by atomic mass is 10.0. The first kappa shape index (κ1) is 14.9. The van der Waals surface area contributed by atoms with Crippen LogP contribution in [-0.2, 0) is 4.74 Å². The Bertz CT molecular complexity index is 425. The number of halogens is 1. The molecule has 0 spiro atoms. The summed E-state index contributed by atoms with van der Waals surface area (Å²) in [6.07, 6.45) is -2.31. The average molecular weight is 274 g/mol. The van der Waals surface area contributed by atoms with Gasteiger partial charge in [-0.2, -0.15) is 12.6 Å². The topological polar surface area (TPSA) is 66.8 Å². The summed E-state index contributed by atoms with van der Waals surface area (Å²) in [6, 6.07) is 3.52. The van der Waals surface area contributed by atoms with E-state index in [1.54, 1.807) is 6.92 Å². The van der Waals surface area contributed by atoms with Gasteiger partial charge in [0, 0.05) is 5.75 Å². The van der Waals surface area contributed by atoms with E-state index in [2.05, 4.69) is 12.6 Å². The summed E-state index contributed by atoms with van der Waals surface area (Å²) in [7, 11) is 0. The SMILES string of the molecule is CCOC(=O)c1cc(C(O)C(O)CS)ccc1F. The maximum absolute atomic E-state index is 13.4. The van der Waals surface area contributed by atoms with Crippen molar-refractivity contribution in [2.45, 2.75) is 19.1 Å². The van der Waals surface area contributed by atoms with Gasteiger partial charge in [-0.3, -0.25) is 0 Å². The van der Waals surface area contributed by atoms with Gasteiger partial charge in [-0.1, -0.05) is 6.07 Å². The van der Waals surface area contributed by atoms with E-state index in [9.17, 15) is 19.4 Å². The molecule has 18 heavy (non-hydrogen) atoms. The minimum absolute atomic E-state index is 0.0489. The molecule has 6 heteroatoms. The van der Waals surface area contributed by atoms with Crippen LogP contribution in [0.5, 0.6) is 0 Å². The van der Waals surface area contributed by atoms with Crippen molar-refractivity contribution in [2.75, 3.05) is 12.4 Å². The second kappa shape index (κ2) is 6.72. The first-order chi connectivity index (χ1) is 8.51. The molecule has 100 valence electrons. The highest BCUT2D eigenvalue weighted by atomic mass is 32.1. The highest BCUT2D eigenvalue weighted by molar-refractivity contribution is 7.80. The van der Waals surface area contributed by atoms with Gasteiger partial charge in [-0.05, 0) is 24.6 Å². The predicted octanol–water partition coefficient (Wildman–Crippen LogP) is 1.33. The van der Waals surface area contributed by atoms with Crippen molar-refractivity contribution < 1.29 is 24.1 Å². The van der Waals surface area contributed by atoms with Crippen molar-refractivity contribution in [1.29, 1.82) is 0 Å². The molecule has 1 aromatic carbocycles. The smallest absolute Gasteiger partial charge is 0.341 e. The molecule has 0 aromatic heterocycles. The van der Waals surface area contributed by atoms with Crippen molar-refractivity contribution in [3.63, 3.8) is 0 Å². The van der Waals surface area contributed by atoms with Crippen LogP contribution >= 0.6 is 12.6 Å². The fraction of sp³-hybridized carbons (Fsp3) is 0.417. The van der Waals surface area contributed by atoms with E-state index in [1.165, 1.54) is 12.1 Å². The monoisotopic (exact) mass is 274 g/mol. The Hall–Kier alpha value is -1.11. The zero-order chi connectivity index (χ0) is 13.7. The van der Waals surface area contributed by atoms with Crippen LogP contribution in [-0.4, -0.2) is 34.6 Å². The number of hydrogen-bond donors (Lipinski definition) is 3. The Kier molecular flexibility index (Phi) is 5.58. The molecule has 2 unspecified atom stereocenters. The Labute approximate surface area is 110 Å². The molecule has 0 radical (unpaired) electrons. The van der Waals surface area contributed by atoms with Gasteiger partial charge in [-0.25, -0.2) is 9.18 Å². The Balaban J connectivity index is 3.03. The number of carbonyl (C=O) groups excluding carboxylic acids is 1. The lowest BCUT2D eigenvalue weighted by molar-refractivity contribution is 0.0334. The van der Waals surface area contributed by atoms with Crippen LogP contribution in [0.1, 0.15) is 28.9 Å². The van der Waals surface area contributed by atoms with Gasteiger partial charge in [0.05, 0.1) is 18.3 Å². The van der Waals surface area contributed by atoms with E-state index in [0.717, 1.165) is 6.07 Å². The van der Waals surface area contributed by atoms with E-state index in [1.807, 2.05) is 0 Å². The third-order valence-corrected chi connectivity index (χ3v) is 2.75. The molecule has 0 bridgehead atoms. The summed E-state index contributed by atoms with van der Waals surface area (Å²) in [5, 5.41) is 19.2. The molecule has 1 aromatic rings. The van der Waals surface area contributed by atoms with Crippen LogP contribution in [0.4, 0.5) is 4.39 Å². The molecular weight excluding hydrogens is 259 g/mol. The number of thiol groups is 1. The van der Waals surface area contributed by atoms with Crippen LogP contribution in [0.25, 0.3) is 0 Å². The maximum atomic E-state index is 13.4. The summed E-state index contributed by atoms with van der Waals surface area (Å²) in [5.41, 5.74) is -0.0271. The highest BCUT2D eigenvalue weighted by Gasteiger charge is 2.20. The van der Waals surface area contributed by atoms with Crippen molar-refractivity contribution in [1.82, 2.24) is 0 Å². The second-order valence-electron chi connectivity index (χ2n) is 3.65. The number of rotatable bonds is 5. The summed E-state index contributed by atoms with van der Waals surface area (Å²) in [5.74, 6) is -1.48. The van der Waals surface area contributed by atoms with E-state index in [-0.39, 0.29) is 23.5 Å². The molecule has 0 saturated carbocycles. The lowest BCUT2D eigenvalue weighted by Crippen LogP contribution is -2.20. The molecular formula is C12H15FO4S. The van der Waals surface area contributed by atoms with Gasteiger partial charge in [0.25, 0.3) is 0 Å². The van der Waals surface area contributed by atoms with Crippen molar-refractivity contribution in [3.05, 3.63) is 35.1 Å². The minimum Gasteiger partial charge on any atom is -0.462 e. The van der Waals surface area contributed by atoms with Crippen LogP contribution < -0.4 is 0 Å². The summed E-state index contributed by atoms with van der Waals surface area (Å²) < 4.78 is 18.1. The molecule has 0 aliphatic heterocycles. The number of hydrogen-bond acceptors (Lipinski definition) is 5. The normalized spacial score (nSPS) is 14.1. The number of esters is 1. The van der Waals surface area contributed by atoms with E-state index < -0.39 is 24.0 Å². The number of ether oxygens (including phenoxy) is 1. The summed E-state index contributed by atoms with van der Waals surface area (Å²) in [6.45, 7) is 1.74. The van der Waals surface area contributed by atoms with Gasteiger partial charge in [-0.15, -0.1) is 0 Å². The molecule has 0 amide bonds. The van der Waals surface area contributed by atoms with E-state index >= 15 is 0 Å². The quantitative estimate of drug-likeness (QED) is 0.560. The maximum Gasteiger partial charge on any atom is 0.341 e. The number of aliphatic hydroxyl groups is 2. The zero-order valence-electron chi connectivity index (χ0n) is 9.84. The van der Waals surface area contributed by atoms with Crippen molar-refractivity contribution in [3.8, 4) is 0 Å². The van der Waals surface area contributed by atoms with Crippen LogP contribution in [0.3, 0.4) is 0 Å². The third kappa shape index (κ3) is 3.44. The van der Waals surface area contributed by atoms with E-state index in [0.29, 0.717) is 0 Å². The van der Waals surface area contributed by atoms with Gasteiger partial charge in [0.2, 0.25) is 0 Å². The molecule has 0 aliphatic carbocycles. The average Bonchev–Trinajstić information content (AvgIpc) is 2.37. The third-order valence-electron chi connectivity index (χ3n) is 2.38. The highest BCUT2D eigenvalue weighted by Crippen LogP contribution is 2.21. The van der Waals surface area contributed by atoms with Gasteiger partial charge in [0.1, 0.15) is 11.9 Å². The first-order valence-corrected chi connectivity index (χ1v) is 6.08. The Morgan fingerprint density at radius 1 is 1.50 bits per heavy atom. The standard InChI is InChI=1S/C12H15FO4S/c1-2-17-12(16)8-5-7(3-4-9(8)13)11(15)10(14)6-18/h3-5,10-11,14-15,18H,2,6H2,1H3. The lowest BCUT2D eigenvalue weighted by Gasteiger charge is -2.16. The number of aliphatic hydroxyl groups excluding tert-OH is 2. The molecule has 0 saturated heterocycles. The largest absolute Gasteiger partial charge is 0.462 e. The fourth-order valence-corrected chi connectivity index (χ4v) is 1.61. The number of benzene rings is 1. The number of carbonyl (C=O) groups is 1. The predicted molar refractivity (Wildman–Crippen MR) is 67.2 cm³/mol. The second-order valence-corrected chi connectivity index (χ2v) is 4.02. The van der Waals surface area contributed by atoms with E-state index in [4.69, 9.17) is 4.74 Å². The van der Waals surface area contributed by atoms with Crippen LogP contribution in [0.15, 0.2) is 18.2 Å². The summed E-state index contributed by atoms with van der Waals surface area (Å²) >= 11 is 3.85. The molecule has 0 fully saturated rings. The molecule has 0 heterocycles. The molecule has 2 atom stereocenters. The first-order valence-electron chi connectivity index (χ1n) is 5.44. The summed E-state index contributed by atoms with van der Waals surface area (Å²) in [4.78, 5) is 11.5. The van der Waals surface area contributed by atoms with Gasteiger partial charge >= 0.3 is 5.97 Å². The van der Waals surface area contributed by atoms with Gasteiger partial charge < -0.3 is 14.9 Å². The molecule has 1 rings (SSSR count). The Morgan fingerprint density at radius 3 is 2.72 bits per heavy atom. The van der Waals surface area contributed by atoms with Gasteiger partial charge in [0.15, 0.2) is 0 Å². The molecule has 4 nitrogen and oxygen atoms in total. The minimum atomic E-state index is -1.23. The fourth-order valence-electron chi connectivity index (χ4n) is 1.41. The zero-order valence-corrected chi connectivity index (χ0v) is 10.7. The van der Waals surface area contributed by atoms with Crippen molar-refractivity contribution in [2.24, 2.45) is 0 Å². The van der Waals surface area contributed by atoms with Crippen LogP contribution in [0.2, 0.25) is 0 Å². The molecule has 2 N–H and O–H groups in total. The van der Waals surface area contributed by atoms with Crippen molar-refractivity contribution >= 4 is 18.6 Å².